The lowest BCUT2D eigenvalue weighted by atomic mass is 10.1. The molecule has 0 aliphatic carbocycles. The van der Waals surface area contributed by atoms with Gasteiger partial charge in [-0.05, 0) is 74.2 Å². The molecule has 0 saturated heterocycles. The van der Waals surface area contributed by atoms with E-state index < -0.39 is 16.1 Å². The third-order valence-corrected chi connectivity index (χ3v) is 7.28. The summed E-state index contributed by atoms with van der Waals surface area (Å²) in [7, 11) is -3.90. The molecule has 2 N–H and O–H groups in total. The van der Waals surface area contributed by atoms with Crippen LogP contribution in [0.4, 0.5) is 4.79 Å². The molecule has 0 aliphatic rings. The highest BCUT2D eigenvalue weighted by Gasteiger charge is 2.17. The average molecular weight is 491 g/mol. The molecule has 2 amide bonds. The third kappa shape index (κ3) is 5.38. The first-order valence-electron chi connectivity index (χ1n) is 11.6. The van der Waals surface area contributed by atoms with Crippen LogP contribution in [-0.4, -0.2) is 30.5 Å². The molecular weight excluding hydrogens is 460 g/mol. The van der Waals surface area contributed by atoms with Gasteiger partial charge in [0.05, 0.1) is 15.9 Å². The number of hydrogen-bond donors (Lipinski definition) is 2. The van der Waals surface area contributed by atoms with E-state index in [0.29, 0.717) is 13.0 Å². The SMILES string of the molecule is CCc1nc2c(C)cc(C)cc2n1-c1ccc(CCNC(=O)NS(=O)(=O)c2ccc(C)cc2)cc1. The Hall–Kier alpha value is -3.65. The first kappa shape index (κ1) is 24.5. The summed E-state index contributed by atoms with van der Waals surface area (Å²) in [5.74, 6) is 1.01. The maximum absolute atomic E-state index is 12.3. The van der Waals surface area contributed by atoms with Gasteiger partial charge in [-0.15, -0.1) is 0 Å². The molecule has 0 spiro atoms. The lowest BCUT2D eigenvalue weighted by Crippen LogP contribution is -2.40. The number of sulfonamides is 1. The molecule has 0 saturated carbocycles. The van der Waals surface area contributed by atoms with Crippen molar-refractivity contribution in [2.75, 3.05) is 6.54 Å². The van der Waals surface area contributed by atoms with Gasteiger partial charge in [-0.3, -0.25) is 4.57 Å². The fourth-order valence-corrected chi connectivity index (χ4v) is 5.09. The number of hydrogen-bond acceptors (Lipinski definition) is 4. The third-order valence-electron chi connectivity index (χ3n) is 5.93. The lowest BCUT2D eigenvalue weighted by molar-refractivity contribution is 0.246. The topological polar surface area (TPSA) is 93.1 Å². The van der Waals surface area contributed by atoms with Gasteiger partial charge < -0.3 is 5.32 Å². The number of nitrogens with zero attached hydrogens (tertiary/aromatic N) is 2. The summed E-state index contributed by atoms with van der Waals surface area (Å²) in [6.07, 6.45) is 1.39. The van der Waals surface area contributed by atoms with E-state index in [0.717, 1.165) is 40.1 Å². The number of carbonyl (C=O) groups is 1. The molecule has 0 bridgehead atoms. The average Bonchev–Trinajstić information content (AvgIpc) is 3.18. The van der Waals surface area contributed by atoms with Crippen LogP contribution in [0.25, 0.3) is 16.7 Å². The smallest absolute Gasteiger partial charge is 0.328 e. The number of aromatic nitrogens is 2. The highest BCUT2D eigenvalue weighted by atomic mass is 32.2. The van der Waals surface area contributed by atoms with Gasteiger partial charge in [-0.2, -0.15) is 0 Å². The Kier molecular flexibility index (Phi) is 6.93. The second kappa shape index (κ2) is 9.92. The van der Waals surface area contributed by atoms with Crippen molar-refractivity contribution in [2.45, 2.75) is 45.4 Å². The van der Waals surface area contributed by atoms with Crippen LogP contribution >= 0.6 is 0 Å². The number of carbonyl (C=O) groups excluding carboxylic acids is 1. The van der Waals surface area contributed by atoms with Gasteiger partial charge in [0.15, 0.2) is 0 Å². The van der Waals surface area contributed by atoms with Crippen molar-refractivity contribution < 1.29 is 13.2 Å². The van der Waals surface area contributed by atoms with Crippen LogP contribution in [0.5, 0.6) is 0 Å². The van der Waals surface area contributed by atoms with Crippen LogP contribution in [-0.2, 0) is 22.9 Å². The van der Waals surface area contributed by atoms with Crippen molar-refractivity contribution in [3.63, 3.8) is 0 Å². The highest BCUT2D eigenvalue weighted by molar-refractivity contribution is 7.90. The largest absolute Gasteiger partial charge is 0.337 e. The Labute approximate surface area is 206 Å². The number of urea groups is 1. The number of fused-ring (bicyclic) bond motifs is 1. The van der Waals surface area contributed by atoms with E-state index in [9.17, 15) is 13.2 Å². The van der Waals surface area contributed by atoms with E-state index in [1.54, 1.807) is 12.1 Å². The quantitative estimate of drug-likeness (QED) is 0.391. The summed E-state index contributed by atoms with van der Waals surface area (Å²) in [5, 5.41) is 2.62. The molecule has 0 aliphatic heterocycles. The molecule has 7 nitrogen and oxygen atoms in total. The summed E-state index contributed by atoms with van der Waals surface area (Å²) in [6, 6.07) is 18.0. The molecule has 0 fully saturated rings. The number of imidazole rings is 1. The summed E-state index contributed by atoms with van der Waals surface area (Å²) in [5.41, 5.74) is 7.49. The Morgan fingerprint density at radius 1 is 0.943 bits per heavy atom. The monoisotopic (exact) mass is 490 g/mol. The van der Waals surface area contributed by atoms with Crippen LogP contribution in [0.2, 0.25) is 0 Å². The molecule has 0 radical (unpaired) electrons. The molecular formula is C27H30N4O3S. The highest BCUT2D eigenvalue weighted by Crippen LogP contribution is 2.26. The summed E-state index contributed by atoms with van der Waals surface area (Å²) >= 11 is 0. The Bertz CT molecular complexity index is 1470. The minimum Gasteiger partial charge on any atom is -0.337 e. The van der Waals surface area contributed by atoms with Crippen molar-refractivity contribution >= 4 is 27.1 Å². The van der Waals surface area contributed by atoms with E-state index >= 15 is 0 Å². The number of nitrogens with one attached hydrogen (secondary N) is 2. The van der Waals surface area contributed by atoms with Crippen molar-refractivity contribution in [3.05, 3.63) is 88.7 Å². The molecule has 1 heterocycles. The summed E-state index contributed by atoms with van der Waals surface area (Å²) in [6.45, 7) is 8.45. The van der Waals surface area contributed by atoms with Crippen LogP contribution < -0.4 is 10.0 Å². The first-order chi connectivity index (χ1) is 16.7. The van der Waals surface area contributed by atoms with E-state index in [4.69, 9.17) is 4.98 Å². The van der Waals surface area contributed by atoms with Gasteiger partial charge in [0.1, 0.15) is 5.82 Å². The van der Waals surface area contributed by atoms with Crippen molar-refractivity contribution in [2.24, 2.45) is 0 Å². The fourth-order valence-electron chi connectivity index (χ4n) is 4.16. The zero-order valence-electron chi connectivity index (χ0n) is 20.4. The minimum atomic E-state index is -3.90. The predicted molar refractivity (Wildman–Crippen MR) is 139 cm³/mol. The molecule has 8 heteroatoms. The Morgan fingerprint density at radius 3 is 2.29 bits per heavy atom. The van der Waals surface area contributed by atoms with Gasteiger partial charge >= 0.3 is 6.03 Å². The maximum Gasteiger partial charge on any atom is 0.328 e. The molecule has 0 unspecified atom stereocenters. The molecule has 35 heavy (non-hydrogen) atoms. The van der Waals surface area contributed by atoms with Crippen LogP contribution in [0, 0.1) is 20.8 Å². The molecule has 4 rings (SSSR count). The Balaban J connectivity index is 1.41. The fraction of sp³-hybridized carbons (Fsp3) is 0.259. The molecule has 0 atom stereocenters. The van der Waals surface area contributed by atoms with Gasteiger partial charge in [0.25, 0.3) is 10.0 Å². The zero-order valence-corrected chi connectivity index (χ0v) is 21.2. The van der Waals surface area contributed by atoms with E-state index in [2.05, 4.69) is 59.6 Å². The van der Waals surface area contributed by atoms with Gasteiger partial charge in [0, 0.05) is 18.7 Å². The number of rotatable bonds is 7. The second-order valence-corrected chi connectivity index (χ2v) is 10.4. The maximum atomic E-state index is 12.3. The first-order valence-corrected chi connectivity index (χ1v) is 13.1. The molecule has 1 aromatic heterocycles. The second-order valence-electron chi connectivity index (χ2n) is 8.76. The molecule has 3 aromatic carbocycles. The van der Waals surface area contributed by atoms with Crippen molar-refractivity contribution in [1.29, 1.82) is 0 Å². The zero-order chi connectivity index (χ0) is 25.2. The minimum absolute atomic E-state index is 0.0534. The number of aryl methyl sites for hydroxylation is 4. The van der Waals surface area contributed by atoms with Gasteiger partial charge in [-0.25, -0.2) is 22.9 Å². The summed E-state index contributed by atoms with van der Waals surface area (Å²) < 4.78 is 28.9. The number of amides is 2. The van der Waals surface area contributed by atoms with Crippen LogP contribution in [0.1, 0.15) is 35.0 Å². The van der Waals surface area contributed by atoms with Crippen molar-refractivity contribution in [3.8, 4) is 5.69 Å². The lowest BCUT2D eigenvalue weighted by Gasteiger charge is -2.11. The standard InChI is InChI=1S/C27H30N4O3S/c1-5-25-29-26-20(4)16-19(3)17-24(26)31(25)22-10-8-21(9-11-22)14-15-28-27(32)30-35(33,34)23-12-6-18(2)7-13-23/h6-13,16-17H,5,14-15H2,1-4H3,(H2,28,30,32). The normalized spacial score (nSPS) is 11.5. The summed E-state index contributed by atoms with van der Waals surface area (Å²) in [4.78, 5) is 17.0. The predicted octanol–water partition coefficient (Wildman–Crippen LogP) is 4.74. The number of benzene rings is 3. The van der Waals surface area contributed by atoms with Crippen LogP contribution in [0.3, 0.4) is 0 Å². The van der Waals surface area contributed by atoms with Crippen molar-refractivity contribution in [1.82, 2.24) is 19.6 Å². The van der Waals surface area contributed by atoms with E-state index in [1.165, 1.54) is 23.3 Å². The molecule has 182 valence electrons. The Morgan fingerprint density at radius 2 is 1.63 bits per heavy atom. The van der Waals surface area contributed by atoms with Crippen LogP contribution in [0.15, 0.2) is 65.6 Å². The molecule has 4 aromatic rings. The van der Waals surface area contributed by atoms with Gasteiger partial charge in [0.2, 0.25) is 0 Å². The van der Waals surface area contributed by atoms with E-state index in [1.807, 2.05) is 19.1 Å². The van der Waals surface area contributed by atoms with Gasteiger partial charge in [-0.1, -0.05) is 42.8 Å². The van der Waals surface area contributed by atoms with E-state index in [-0.39, 0.29) is 4.90 Å².